The van der Waals surface area contributed by atoms with Crippen LogP contribution in [0.1, 0.15) is 37.4 Å². The molecule has 21 heavy (non-hydrogen) atoms. The van der Waals surface area contributed by atoms with Gasteiger partial charge in [0, 0.05) is 20.1 Å². The normalized spacial score (nSPS) is 25.4. The Morgan fingerprint density at radius 1 is 1.33 bits per heavy atom. The first-order chi connectivity index (χ1) is 9.76. The number of aromatic nitrogens is 2. The van der Waals surface area contributed by atoms with Crippen molar-refractivity contribution in [2.45, 2.75) is 39.2 Å². The number of hydrogen-bond acceptors (Lipinski definition) is 4. The second-order valence-electron chi connectivity index (χ2n) is 5.85. The summed E-state index contributed by atoms with van der Waals surface area (Å²) >= 11 is 0. The summed E-state index contributed by atoms with van der Waals surface area (Å²) in [7, 11) is 1.84. The van der Waals surface area contributed by atoms with Crippen LogP contribution in [-0.2, 0) is 6.54 Å². The van der Waals surface area contributed by atoms with Gasteiger partial charge < -0.3 is 14.7 Å². The first-order valence-corrected chi connectivity index (χ1v) is 7.51. The van der Waals surface area contributed by atoms with Crippen LogP contribution in [0.2, 0.25) is 0 Å². The number of likely N-dealkylation sites (tertiary alicyclic amines) is 1. The molecule has 1 saturated carbocycles. The highest BCUT2D eigenvalue weighted by molar-refractivity contribution is 14.0. The van der Waals surface area contributed by atoms with Crippen LogP contribution in [0.3, 0.4) is 0 Å². The lowest BCUT2D eigenvalue weighted by Gasteiger charge is -2.22. The largest absolute Gasteiger partial charge is 0.347 e. The Bertz CT molecular complexity index is 475. The molecule has 6 nitrogen and oxygen atoms in total. The third-order valence-electron chi connectivity index (χ3n) is 4.45. The number of aliphatic imine (C=N–C) groups is 1. The van der Waals surface area contributed by atoms with E-state index in [0.717, 1.165) is 30.9 Å². The molecule has 1 N–H and O–H groups in total. The number of rotatable bonds is 2. The van der Waals surface area contributed by atoms with Crippen molar-refractivity contribution in [2.24, 2.45) is 16.8 Å². The maximum absolute atomic E-state index is 5.12. The van der Waals surface area contributed by atoms with Gasteiger partial charge in [-0.2, -0.15) is 4.98 Å². The molecule has 1 aliphatic heterocycles. The van der Waals surface area contributed by atoms with Gasteiger partial charge in [0.25, 0.3) is 0 Å². The third kappa shape index (κ3) is 3.87. The quantitative estimate of drug-likeness (QED) is 0.464. The van der Waals surface area contributed by atoms with Crippen LogP contribution in [0.25, 0.3) is 0 Å². The first-order valence-electron chi connectivity index (χ1n) is 7.51. The fraction of sp³-hybridized carbons (Fsp3) is 0.786. The van der Waals surface area contributed by atoms with E-state index in [-0.39, 0.29) is 24.0 Å². The Hall–Kier alpha value is -0.860. The molecule has 1 saturated heterocycles. The van der Waals surface area contributed by atoms with Crippen molar-refractivity contribution >= 4 is 29.9 Å². The molecule has 1 aromatic rings. The van der Waals surface area contributed by atoms with Crippen LogP contribution in [0.15, 0.2) is 9.52 Å². The van der Waals surface area contributed by atoms with Crippen LogP contribution in [0, 0.1) is 18.8 Å². The Morgan fingerprint density at radius 2 is 2.00 bits per heavy atom. The van der Waals surface area contributed by atoms with E-state index in [1.807, 2.05) is 14.0 Å². The standard InChI is InChI=1S/C14H23N5O.HI/c1-10-17-13(20-18-10)7-16-14(15-2)19-8-11-5-3-4-6-12(11)9-19;/h11-12H,3-9H2,1-2H3,(H,15,16);1H. The van der Waals surface area contributed by atoms with Gasteiger partial charge in [0.15, 0.2) is 11.8 Å². The number of nitrogens with zero attached hydrogens (tertiary/aromatic N) is 4. The molecular formula is C14H24IN5O. The molecule has 2 heterocycles. The molecule has 2 aliphatic rings. The van der Waals surface area contributed by atoms with E-state index >= 15 is 0 Å². The van der Waals surface area contributed by atoms with E-state index in [4.69, 9.17) is 4.52 Å². The average molecular weight is 405 g/mol. The van der Waals surface area contributed by atoms with Crippen molar-refractivity contribution < 1.29 is 4.52 Å². The van der Waals surface area contributed by atoms with Crippen LogP contribution >= 0.6 is 24.0 Å². The number of hydrogen-bond donors (Lipinski definition) is 1. The number of guanidine groups is 1. The van der Waals surface area contributed by atoms with E-state index in [9.17, 15) is 0 Å². The SMILES string of the molecule is CN=C(NCc1nc(C)no1)N1CC2CCCCC2C1.I. The molecular weight excluding hydrogens is 381 g/mol. The molecule has 1 aromatic heterocycles. The molecule has 2 atom stereocenters. The Morgan fingerprint density at radius 3 is 2.52 bits per heavy atom. The van der Waals surface area contributed by atoms with Gasteiger partial charge in [0.05, 0.1) is 6.54 Å². The van der Waals surface area contributed by atoms with Gasteiger partial charge in [0.2, 0.25) is 5.89 Å². The van der Waals surface area contributed by atoms with Crippen LogP contribution < -0.4 is 5.32 Å². The summed E-state index contributed by atoms with van der Waals surface area (Å²) in [5.41, 5.74) is 0. The number of halogens is 1. The lowest BCUT2D eigenvalue weighted by molar-refractivity contribution is 0.299. The zero-order valence-corrected chi connectivity index (χ0v) is 15.0. The molecule has 0 spiro atoms. The summed E-state index contributed by atoms with van der Waals surface area (Å²) in [6, 6.07) is 0. The van der Waals surface area contributed by atoms with Gasteiger partial charge in [0.1, 0.15) is 0 Å². The van der Waals surface area contributed by atoms with E-state index < -0.39 is 0 Å². The molecule has 0 radical (unpaired) electrons. The maximum atomic E-state index is 5.12. The molecule has 0 amide bonds. The molecule has 7 heteroatoms. The monoisotopic (exact) mass is 405 g/mol. The number of nitrogens with one attached hydrogen (secondary N) is 1. The number of aryl methyl sites for hydroxylation is 1. The van der Waals surface area contributed by atoms with E-state index in [0.29, 0.717) is 18.3 Å². The van der Waals surface area contributed by atoms with Gasteiger partial charge in [-0.05, 0) is 31.6 Å². The van der Waals surface area contributed by atoms with Crippen molar-refractivity contribution in [1.82, 2.24) is 20.4 Å². The minimum absolute atomic E-state index is 0. The average Bonchev–Trinajstić information content (AvgIpc) is 3.05. The summed E-state index contributed by atoms with van der Waals surface area (Å²) in [6.45, 7) is 4.63. The molecule has 1 aliphatic carbocycles. The van der Waals surface area contributed by atoms with Gasteiger partial charge in [-0.1, -0.05) is 18.0 Å². The summed E-state index contributed by atoms with van der Waals surface area (Å²) in [5, 5.41) is 7.13. The van der Waals surface area contributed by atoms with E-state index in [1.165, 1.54) is 25.7 Å². The number of fused-ring (bicyclic) bond motifs is 1. The highest BCUT2D eigenvalue weighted by atomic mass is 127. The lowest BCUT2D eigenvalue weighted by Crippen LogP contribution is -2.39. The molecule has 0 bridgehead atoms. The maximum Gasteiger partial charge on any atom is 0.246 e. The second kappa shape index (κ2) is 7.42. The molecule has 118 valence electrons. The first kappa shape index (κ1) is 16.5. The van der Waals surface area contributed by atoms with Crippen molar-refractivity contribution in [3.05, 3.63) is 11.7 Å². The molecule has 0 aromatic carbocycles. The highest BCUT2D eigenvalue weighted by Gasteiger charge is 2.35. The predicted octanol–water partition coefficient (Wildman–Crippen LogP) is 2.19. The highest BCUT2D eigenvalue weighted by Crippen LogP contribution is 2.35. The van der Waals surface area contributed by atoms with Crippen molar-refractivity contribution in [2.75, 3.05) is 20.1 Å². The van der Waals surface area contributed by atoms with Crippen LogP contribution in [0.5, 0.6) is 0 Å². The summed E-state index contributed by atoms with van der Waals surface area (Å²) in [6.07, 6.45) is 5.53. The summed E-state index contributed by atoms with van der Waals surface area (Å²) in [4.78, 5) is 11.0. The molecule has 3 rings (SSSR count). The fourth-order valence-corrected chi connectivity index (χ4v) is 3.48. The van der Waals surface area contributed by atoms with Crippen molar-refractivity contribution in [3.8, 4) is 0 Å². The Balaban J connectivity index is 0.00000161. The lowest BCUT2D eigenvalue weighted by atomic mass is 9.82. The van der Waals surface area contributed by atoms with Gasteiger partial charge in [-0.25, -0.2) is 0 Å². The van der Waals surface area contributed by atoms with Crippen molar-refractivity contribution in [3.63, 3.8) is 0 Å². The van der Waals surface area contributed by atoms with E-state index in [2.05, 4.69) is 25.3 Å². The Kier molecular flexibility index (Phi) is 5.83. The second-order valence-corrected chi connectivity index (χ2v) is 5.85. The minimum atomic E-state index is 0. The summed E-state index contributed by atoms with van der Waals surface area (Å²) < 4.78 is 5.12. The summed E-state index contributed by atoms with van der Waals surface area (Å²) in [5.74, 6) is 3.94. The van der Waals surface area contributed by atoms with E-state index in [1.54, 1.807) is 0 Å². The van der Waals surface area contributed by atoms with Gasteiger partial charge in [-0.15, -0.1) is 24.0 Å². The molecule has 2 unspecified atom stereocenters. The third-order valence-corrected chi connectivity index (χ3v) is 4.45. The predicted molar refractivity (Wildman–Crippen MR) is 91.7 cm³/mol. The topological polar surface area (TPSA) is 66.5 Å². The smallest absolute Gasteiger partial charge is 0.246 e. The zero-order chi connectivity index (χ0) is 13.9. The Labute approximate surface area is 142 Å². The molecule has 2 fully saturated rings. The fourth-order valence-electron chi connectivity index (χ4n) is 3.48. The van der Waals surface area contributed by atoms with Gasteiger partial charge >= 0.3 is 0 Å². The zero-order valence-electron chi connectivity index (χ0n) is 12.7. The van der Waals surface area contributed by atoms with Crippen molar-refractivity contribution in [1.29, 1.82) is 0 Å². The minimum Gasteiger partial charge on any atom is -0.347 e. The van der Waals surface area contributed by atoms with Gasteiger partial charge in [-0.3, -0.25) is 4.99 Å². The van der Waals surface area contributed by atoms with Crippen LogP contribution in [0.4, 0.5) is 0 Å². The van der Waals surface area contributed by atoms with Crippen LogP contribution in [-0.4, -0.2) is 41.1 Å².